The molecule has 0 bridgehead atoms. The van der Waals surface area contributed by atoms with Gasteiger partial charge in [-0.25, -0.2) is 4.79 Å². The van der Waals surface area contributed by atoms with Crippen molar-refractivity contribution in [2.75, 3.05) is 5.32 Å². The van der Waals surface area contributed by atoms with Gasteiger partial charge in [-0.3, -0.25) is 0 Å². The lowest BCUT2D eigenvalue weighted by atomic mass is 10.0. The molecule has 112 valence electrons. The van der Waals surface area contributed by atoms with Gasteiger partial charge in [0.05, 0.1) is 16.9 Å². The van der Waals surface area contributed by atoms with Crippen LogP contribution in [0.2, 0.25) is 0 Å². The van der Waals surface area contributed by atoms with E-state index < -0.39 is 5.97 Å². The van der Waals surface area contributed by atoms with Crippen molar-refractivity contribution in [1.29, 1.82) is 0 Å². The molecule has 4 heteroatoms. The number of ether oxygens (including phenoxy) is 1. The van der Waals surface area contributed by atoms with Crippen molar-refractivity contribution >= 4 is 17.3 Å². The number of rotatable bonds is 3. The molecular weight excluding hydrogens is 278 g/mol. The van der Waals surface area contributed by atoms with Crippen molar-refractivity contribution in [3.05, 3.63) is 59.2 Å². The maximum Gasteiger partial charge on any atom is 0.337 e. The number of anilines is 2. The van der Waals surface area contributed by atoms with Gasteiger partial charge in [-0.1, -0.05) is 29.8 Å². The maximum atomic E-state index is 11.4. The molecule has 2 aromatic rings. The first-order valence-electron chi connectivity index (χ1n) is 7.12. The van der Waals surface area contributed by atoms with Crippen molar-refractivity contribution < 1.29 is 14.6 Å². The Morgan fingerprint density at radius 3 is 2.50 bits per heavy atom. The molecule has 0 fully saturated rings. The van der Waals surface area contributed by atoms with Crippen molar-refractivity contribution in [2.24, 2.45) is 0 Å². The van der Waals surface area contributed by atoms with Crippen LogP contribution in [0.1, 0.15) is 29.8 Å². The molecule has 2 aromatic carbocycles. The van der Waals surface area contributed by atoms with Gasteiger partial charge in [-0.05, 0) is 44.0 Å². The second kappa shape index (κ2) is 5.56. The second-order valence-corrected chi connectivity index (χ2v) is 5.49. The van der Waals surface area contributed by atoms with Crippen LogP contribution >= 0.6 is 0 Å². The molecule has 0 amide bonds. The third-order valence-corrected chi connectivity index (χ3v) is 3.57. The van der Waals surface area contributed by atoms with Crippen molar-refractivity contribution in [3.63, 3.8) is 0 Å². The van der Waals surface area contributed by atoms with Gasteiger partial charge in [-0.2, -0.15) is 0 Å². The number of carbonyl (C=O) groups is 1. The van der Waals surface area contributed by atoms with Crippen LogP contribution in [0.3, 0.4) is 0 Å². The summed E-state index contributed by atoms with van der Waals surface area (Å²) in [6.45, 7) is 4.11. The summed E-state index contributed by atoms with van der Waals surface area (Å²) in [5, 5.41) is 12.6. The van der Waals surface area contributed by atoms with Crippen molar-refractivity contribution in [3.8, 4) is 11.5 Å². The fourth-order valence-electron chi connectivity index (χ4n) is 2.45. The Hall–Kier alpha value is -2.75. The highest BCUT2D eigenvalue weighted by Gasteiger charge is 2.23. The van der Waals surface area contributed by atoms with Crippen LogP contribution in [-0.4, -0.2) is 11.1 Å². The Balaban J connectivity index is 2.05. The lowest BCUT2D eigenvalue weighted by Crippen LogP contribution is -2.10. The van der Waals surface area contributed by atoms with Crippen LogP contribution in [0, 0.1) is 0 Å². The summed E-state index contributed by atoms with van der Waals surface area (Å²) < 4.78 is 5.87. The molecule has 0 saturated carbocycles. The normalized spacial score (nSPS) is 11.5. The van der Waals surface area contributed by atoms with Crippen molar-refractivity contribution in [2.45, 2.75) is 20.3 Å². The summed E-state index contributed by atoms with van der Waals surface area (Å²) >= 11 is 0. The summed E-state index contributed by atoms with van der Waals surface area (Å²) in [5.41, 5.74) is 3.86. The quantitative estimate of drug-likeness (QED) is 0.685. The number of carboxylic acid groups (broad SMARTS) is 1. The van der Waals surface area contributed by atoms with Gasteiger partial charge in [0, 0.05) is 0 Å². The highest BCUT2D eigenvalue weighted by molar-refractivity contribution is 5.98. The number of allylic oxidation sites excluding steroid dienone is 2. The molecule has 4 nitrogen and oxygen atoms in total. The van der Waals surface area contributed by atoms with Gasteiger partial charge in [0.1, 0.15) is 0 Å². The van der Waals surface area contributed by atoms with Crippen LogP contribution in [0.25, 0.3) is 0 Å². The molecule has 1 aliphatic heterocycles. The van der Waals surface area contributed by atoms with Crippen molar-refractivity contribution in [1.82, 2.24) is 0 Å². The first kappa shape index (κ1) is 14.2. The fraction of sp³-hybridized carbons (Fsp3) is 0.167. The summed E-state index contributed by atoms with van der Waals surface area (Å²) in [6, 6.07) is 10.9. The monoisotopic (exact) mass is 295 g/mol. The Kier molecular flexibility index (Phi) is 3.59. The van der Waals surface area contributed by atoms with Crippen LogP contribution in [0.4, 0.5) is 11.4 Å². The molecule has 22 heavy (non-hydrogen) atoms. The molecule has 0 unspecified atom stereocenters. The average Bonchev–Trinajstić information content (AvgIpc) is 2.50. The molecule has 0 atom stereocenters. The Morgan fingerprint density at radius 2 is 1.82 bits per heavy atom. The molecule has 1 aliphatic rings. The Bertz CT molecular complexity index is 774. The third kappa shape index (κ3) is 2.55. The van der Waals surface area contributed by atoms with E-state index in [9.17, 15) is 9.90 Å². The van der Waals surface area contributed by atoms with E-state index in [-0.39, 0.29) is 5.56 Å². The number of nitrogens with one attached hydrogen (secondary N) is 1. The van der Waals surface area contributed by atoms with E-state index in [1.54, 1.807) is 18.2 Å². The first-order valence-corrected chi connectivity index (χ1v) is 7.12. The Morgan fingerprint density at radius 1 is 1.14 bits per heavy atom. The highest BCUT2D eigenvalue weighted by atomic mass is 16.5. The highest BCUT2D eigenvalue weighted by Crippen LogP contribution is 2.45. The zero-order valence-electron chi connectivity index (χ0n) is 12.5. The van der Waals surface area contributed by atoms with E-state index in [0.717, 1.165) is 23.4 Å². The van der Waals surface area contributed by atoms with E-state index in [1.807, 2.05) is 18.2 Å². The minimum atomic E-state index is -0.974. The lowest BCUT2D eigenvalue weighted by Gasteiger charge is -2.25. The van der Waals surface area contributed by atoms with Gasteiger partial charge < -0.3 is 15.2 Å². The van der Waals surface area contributed by atoms with Crippen LogP contribution in [-0.2, 0) is 6.42 Å². The van der Waals surface area contributed by atoms with Gasteiger partial charge in [-0.15, -0.1) is 0 Å². The zero-order valence-corrected chi connectivity index (χ0v) is 12.5. The topological polar surface area (TPSA) is 58.6 Å². The summed E-state index contributed by atoms with van der Waals surface area (Å²) in [7, 11) is 0. The second-order valence-electron chi connectivity index (χ2n) is 5.49. The molecular formula is C18H17NO3. The maximum absolute atomic E-state index is 11.4. The molecule has 1 heterocycles. The van der Waals surface area contributed by atoms with Crippen LogP contribution < -0.4 is 10.1 Å². The number of benzene rings is 2. The van der Waals surface area contributed by atoms with Crippen LogP contribution in [0.5, 0.6) is 11.5 Å². The number of aromatic carboxylic acids is 1. The summed E-state index contributed by atoms with van der Waals surface area (Å²) in [4.78, 5) is 11.4. The average molecular weight is 295 g/mol. The number of fused-ring (bicyclic) bond motifs is 2. The molecule has 0 spiro atoms. The molecule has 0 aliphatic carbocycles. The molecule has 3 rings (SSSR count). The minimum Gasteiger partial charge on any atom is -0.478 e. The molecule has 0 radical (unpaired) electrons. The first-order chi connectivity index (χ1) is 10.6. The van der Waals surface area contributed by atoms with E-state index in [2.05, 4.69) is 25.2 Å². The van der Waals surface area contributed by atoms with E-state index in [4.69, 9.17) is 4.74 Å². The summed E-state index contributed by atoms with van der Waals surface area (Å²) in [6.07, 6.45) is 2.91. The number of para-hydroxylation sites is 2. The molecule has 2 N–H and O–H groups in total. The molecule has 0 saturated heterocycles. The third-order valence-electron chi connectivity index (χ3n) is 3.57. The fourth-order valence-corrected chi connectivity index (χ4v) is 2.45. The lowest BCUT2D eigenvalue weighted by molar-refractivity contribution is 0.0697. The van der Waals surface area contributed by atoms with Gasteiger partial charge in [0.2, 0.25) is 0 Å². The number of carboxylic acids is 1. The largest absolute Gasteiger partial charge is 0.478 e. The van der Waals surface area contributed by atoms with E-state index in [1.165, 1.54) is 5.57 Å². The van der Waals surface area contributed by atoms with Crippen LogP contribution in [0.15, 0.2) is 48.0 Å². The minimum absolute atomic E-state index is 0.208. The van der Waals surface area contributed by atoms with Gasteiger partial charge >= 0.3 is 5.97 Å². The molecule has 0 aromatic heterocycles. The number of hydrogen-bond donors (Lipinski definition) is 2. The van der Waals surface area contributed by atoms with E-state index in [0.29, 0.717) is 11.4 Å². The Labute approximate surface area is 129 Å². The number of hydrogen-bond acceptors (Lipinski definition) is 3. The van der Waals surface area contributed by atoms with E-state index >= 15 is 0 Å². The summed E-state index contributed by atoms with van der Waals surface area (Å²) in [5.74, 6) is 0.277. The smallest absolute Gasteiger partial charge is 0.337 e. The predicted molar refractivity (Wildman–Crippen MR) is 86.3 cm³/mol. The van der Waals surface area contributed by atoms with Gasteiger partial charge in [0.15, 0.2) is 11.5 Å². The standard InChI is InChI=1S/C18H17NO3/c1-11(2)9-10-12-5-3-7-14-16(12)19-17-13(18(20)21)6-4-8-15(17)22-14/h3-9,19H,10H2,1-2H3,(H,20,21). The predicted octanol–water partition coefficient (Wildman–Crippen LogP) is 4.74. The zero-order chi connectivity index (χ0) is 15.7. The van der Waals surface area contributed by atoms with Gasteiger partial charge in [0.25, 0.3) is 0 Å². The SMILES string of the molecule is CC(C)=CCc1cccc2c1Nc1c(cccc1C(=O)O)O2.